The second kappa shape index (κ2) is 22.5. The first-order valence-corrected chi connectivity index (χ1v) is 12.5. The third-order valence-corrected chi connectivity index (χ3v) is 5.08. The highest BCUT2D eigenvalue weighted by Gasteiger charge is 2.13. The van der Waals surface area contributed by atoms with Crippen molar-refractivity contribution < 1.29 is 4.79 Å². The Kier molecular flexibility index (Phi) is 21.5. The van der Waals surface area contributed by atoms with E-state index >= 15 is 0 Å². The molecule has 198 valence electrons. The zero-order chi connectivity index (χ0) is 28.6. The van der Waals surface area contributed by atoms with Crippen LogP contribution in [0.15, 0.2) is 111 Å². The summed E-state index contributed by atoms with van der Waals surface area (Å²) in [6.45, 7) is 27.9. The van der Waals surface area contributed by atoms with Crippen molar-refractivity contribution in [2.75, 3.05) is 5.32 Å². The summed E-state index contributed by atoms with van der Waals surface area (Å²) in [7, 11) is 0. The van der Waals surface area contributed by atoms with Gasteiger partial charge in [-0.2, -0.15) is 0 Å². The van der Waals surface area contributed by atoms with Gasteiger partial charge in [0.1, 0.15) is 6.79 Å². The van der Waals surface area contributed by atoms with Crippen LogP contribution in [-0.2, 0) is 11.2 Å². The lowest BCUT2D eigenvalue weighted by atomic mass is 9.91. The van der Waals surface area contributed by atoms with E-state index in [0.717, 1.165) is 24.2 Å². The summed E-state index contributed by atoms with van der Waals surface area (Å²) in [5.41, 5.74) is 10.2. The number of hydrogen-bond donors (Lipinski definition) is 1. The Hall–Kier alpha value is -3.91. The van der Waals surface area contributed by atoms with Gasteiger partial charge in [-0.1, -0.05) is 97.8 Å². The molecule has 0 saturated heterocycles. The fraction of sp³-hybridized carbons (Fsp3) is 0.229. The lowest BCUT2D eigenvalue weighted by Gasteiger charge is -2.19. The van der Waals surface area contributed by atoms with Crippen LogP contribution in [0.1, 0.15) is 53.6 Å². The molecule has 3 aromatic rings. The van der Waals surface area contributed by atoms with E-state index in [4.69, 9.17) is 4.79 Å². The van der Waals surface area contributed by atoms with Gasteiger partial charge in [0, 0.05) is 16.9 Å². The Morgan fingerprint density at radius 3 is 1.70 bits per heavy atom. The van der Waals surface area contributed by atoms with Crippen molar-refractivity contribution >= 4 is 18.2 Å². The first kappa shape index (κ1) is 35.3. The Labute approximate surface area is 227 Å². The van der Waals surface area contributed by atoms with Gasteiger partial charge in [0.2, 0.25) is 0 Å². The molecule has 0 spiro atoms. The van der Waals surface area contributed by atoms with Crippen LogP contribution >= 0.6 is 0 Å². The number of nitrogens with one attached hydrogen (secondary N) is 1. The van der Waals surface area contributed by atoms with Gasteiger partial charge in [0.05, 0.1) is 0 Å². The van der Waals surface area contributed by atoms with Crippen LogP contribution in [0.5, 0.6) is 0 Å². The summed E-state index contributed by atoms with van der Waals surface area (Å²) < 4.78 is 0. The summed E-state index contributed by atoms with van der Waals surface area (Å²) >= 11 is 0. The molecule has 0 heterocycles. The Bertz CT molecular complexity index is 1040. The van der Waals surface area contributed by atoms with Crippen LogP contribution in [0.2, 0.25) is 0 Å². The van der Waals surface area contributed by atoms with Crippen molar-refractivity contribution in [3.63, 3.8) is 0 Å². The standard InChI is InChI=1S/C22H27N.C7H8.C3H6.C2H4.CH2O/c1-6-8-20-17(4)12-13-18(5)22(20)21(9-7-2)23-19-14-10-16(3)11-15-19;1-7-5-3-2-4-6-7;1-3-2;2*1-2/h7,9-15,23H,2,6,8H2,1,3-5H3;2-6H,1H3;3H,1H2,2H3;1-2H2;1H2/b21-9+;;;;. The zero-order valence-electron chi connectivity index (χ0n) is 23.9. The predicted octanol–water partition coefficient (Wildman–Crippen LogP) is 10.0. The van der Waals surface area contributed by atoms with E-state index in [2.05, 4.69) is 121 Å². The molecule has 37 heavy (non-hydrogen) atoms. The number of anilines is 1. The minimum atomic E-state index is 1.09. The molecule has 3 aromatic carbocycles. The van der Waals surface area contributed by atoms with Crippen LogP contribution in [0, 0.1) is 27.7 Å². The van der Waals surface area contributed by atoms with Crippen molar-refractivity contribution in [3.8, 4) is 0 Å². The molecule has 0 aliphatic carbocycles. The van der Waals surface area contributed by atoms with Crippen molar-refractivity contribution in [2.45, 2.75) is 54.4 Å². The molecule has 0 aliphatic heterocycles. The van der Waals surface area contributed by atoms with Gasteiger partial charge in [-0.25, -0.2) is 0 Å². The highest BCUT2D eigenvalue weighted by atomic mass is 16.1. The normalized spacial score (nSPS) is 9.30. The number of allylic oxidation sites excluding steroid dienone is 3. The SMILES string of the molecule is C=C.C=C/C=C(/Nc1ccc(C)cc1)c1c(C)ccc(C)c1CCC.C=CC.C=O.Cc1ccccc1. The summed E-state index contributed by atoms with van der Waals surface area (Å²) in [5.74, 6) is 0. The molecule has 0 aromatic heterocycles. The highest BCUT2D eigenvalue weighted by Crippen LogP contribution is 2.29. The summed E-state index contributed by atoms with van der Waals surface area (Å²) in [6, 6.07) is 23.2. The Morgan fingerprint density at radius 1 is 0.784 bits per heavy atom. The summed E-state index contributed by atoms with van der Waals surface area (Å²) in [4.78, 5) is 8.00. The maximum atomic E-state index is 8.00. The third-order valence-electron chi connectivity index (χ3n) is 5.08. The minimum absolute atomic E-state index is 1.09. The molecule has 0 atom stereocenters. The van der Waals surface area contributed by atoms with Crippen LogP contribution in [0.25, 0.3) is 5.70 Å². The Morgan fingerprint density at radius 2 is 1.27 bits per heavy atom. The molecule has 0 radical (unpaired) electrons. The van der Waals surface area contributed by atoms with Crippen molar-refractivity contribution in [2.24, 2.45) is 0 Å². The maximum Gasteiger partial charge on any atom is 0.106 e. The molecule has 1 N–H and O–H groups in total. The third kappa shape index (κ3) is 14.3. The van der Waals surface area contributed by atoms with Crippen molar-refractivity contribution in [1.29, 1.82) is 0 Å². The smallest absolute Gasteiger partial charge is 0.106 e. The maximum absolute atomic E-state index is 8.00. The van der Waals surface area contributed by atoms with Crippen molar-refractivity contribution in [1.82, 2.24) is 0 Å². The minimum Gasteiger partial charge on any atom is -0.355 e. The van der Waals surface area contributed by atoms with E-state index in [0.29, 0.717) is 0 Å². The quantitative estimate of drug-likeness (QED) is 0.271. The van der Waals surface area contributed by atoms with Crippen LogP contribution in [-0.4, -0.2) is 6.79 Å². The van der Waals surface area contributed by atoms with E-state index in [1.807, 2.05) is 38.0 Å². The van der Waals surface area contributed by atoms with E-state index in [1.165, 1.54) is 33.4 Å². The number of carbonyl (C=O) groups excluding carboxylic acids is 1. The molecular weight excluding hydrogens is 450 g/mol. The molecule has 0 aliphatic rings. The summed E-state index contributed by atoms with van der Waals surface area (Å²) in [5, 5.41) is 3.58. The van der Waals surface area contributed by atoms with Gasteiger partial charge in [-0.15, -0.1) is 19.7 Å². The average Bonchev–Trinajstić information content (AvgIpc) is 2.91. The molecule has 3 rings (SSSR count). The van der Waals surface area contributed by atoms with Crippen LogP contribution in [0.4, 0.5) is 5.69 Å². The topological polar surface area (TPSA) is 29.1 Å². The second-order valence-electron chi connectivity index (χ2n) is 8.17. The molecule has 0 fully saturated rings. The lowest BCUT2D eigenvalue weighted by molar-refractivity contribution is -0.0979. The van der Waals surface area contributed by atoms with Crippen LogP contribution < -0.4 is 5.32 Å². The highest BCUT2D eigenvalue weighted by molar-refractivity contribution is 5.81. The second-order valence-corrected chi connectivity index (χ2v) is 8.17. The van der Waals surface area contributed by atoms with Crippen LogP contribution in [0.3, 0.4) is 0 Å². The molecule has 0 unspecified atom stereocenters. The van der Waals surface area contributed by atoms with Crippen molar-refractivity contribution in [3.05, 3.63) is 145 Å². The lowest BCUT2D eigenvalue weighted by Crippen LogP contribution is -2.06. The van der Waals surface area contributed by atoms with Gasteiger partial charge in [-0.05, 0) is 75.9 Å². The van der Waals surface area contributed by atoms with Gasteiger partial charge in [-0.3, -0.25) is 0 Å². The van der Waals surface area contributed by atoms with E-state index < -0.39 is 0 Å². The molecule has 2 heteroatoms. The van der Waals surface area contributed by atoms with Gasteiger partial charge in [0.15, 0.2) is 0 Å². The number of benzene rings is 3. The number of rotatable bonds is 6. The summed E-state index contributed by atoms with van der Waals surface area (Å²) in [6.07, 6.45) is 7.91. The predicted molar refractivity (Wildman–Crippen MR) is 168 cm³/mol. The number of hydrogen-bond acceptors (Lipinski definition) is 2. The number of carbonyl (C=O) groups is 1. The van der Waals surface area contributed by atoms with E-state index in [1.54, 1.807) is 6.08 Å². The molecule has 0 amide bonds. The number of aryl methyl sites for hydroxylation is 4. The first-order valence-electron chi connectivity index (χ1n) is 12.5. The fourth-order valence-corrected chi connectivity index (χ4v) is 3.45. The van der Waals surface area contributed by atoms with E-state index in [9.17, 15) is 0 Å². The zero-order valence-corrected chi connectivity index (χ0v) is 23.9. The first-order chi connectivity index (χ1) is 17.9. The van der Waals surface area contributed by atoms with Gasteiger partial charge >= 0.3 is 0 Å². The van der Waals surface area contributed by atoms with Gasteiger partial charge in [0.25, 0.3) is 0 Å². The molecule has 2 nitrogen and oxygen atoms in total. The van der Waals surface area contributed by atoms with E-state index in [-0.39, 0.29) is 0 Å². The molecule has 0 saturated carbocycles. The molecule has 0 bridgehead atoms. The Balaban J connectivity index is 0. The monoisotopic (exact) mass is 497 g/mol. The average molecular weight is 498 g/mol. The fourth-order valence-electron chi connectivity index (χ4n) is 3.45. The largest absolute Gasteiger partial charge is 0.355 e. The van der Waals surface area contributed by atoms with Gasteiger partial charge < -0.3 is 10.1 Å². The molecular formula is C35H47NO.